The van der Waals surface area contributed by atoms with E-state index < -0.39 is 22.5 Å². The van der Waals surface area contributed by atoms with Crippen molar-refractivity contribution in [1.29, 1.82) is 0 Å². The third-order valence-corrected chi connectivity index (χ3v) is 6.66. The van der Waals surface area contributed by atoms with Crippen molar-refractivity contribution in [1.82, 2.24) is 4.31 Å². The van der Waals surface area contributed by atoms with Crippen LogP contribution in [0.2, 0.25) is 5.02 Å². The summed E-state index contributed by atoms with van der Waals surface area (Å²) in [5.74, 6) is -0.637. The fraction of sp³-hybridized carbons (Fsp3) is 0.263. The molecular weight excluding hydrogens is 418 g/mol. The topological polar surface area (TPSA) is 105 Å². The molecule has 2 amide bonds. The number of likely N-dealkylation sites (N-methyl/N-ethyl adjacent to an activating group) is 1. The number of ether oxygens (including phenoxy) is 1. The molecule has 0 bridgehead atoms. The molecule has 0 saturated carbocycles. The molecule has 0 atom stereocenters. The number of anilines is 2. The number of carbonyl (C=O) groups excluding carboxylic acids is 2. The first-order valence-corrected chi connectivity index (χ1v) is 10.6. The van der Waals surface area contributed by atoms with Crippen LogP contribution in [0.3, 0.4) is 0 Å². The van der Waals surface area contributed by atoms with Crippen LogP contribution in [-0.2, 0) is 26.0 Å². The molecule has 29 heavy (non-hydrogen) atoms. The molecule has 2 aromatic rings. The fourth-order valence-electron chi connectivity index (χ4n) is 2.87. The molecule has 2 aromatic carbocycles. The van der Waals surface area contributed by atoms with Crippen molar-refractivity contribution in [3.05, 3.63) is 47.0 Å². The van der Waals surface area contributed by atoms with Gasteiger partial charge in [0.15, 0.2) is 6.61 Å². The quantitative estimate of drug-likeness (QED) is 0.722. The molecule has 0 fully saturated rings. The van der Waals surface area contributed by atoms with Crippen LogP contribution in [0.4, 0.5) is 11.4 Å². The summed E-state index contributed by atoms with van der Waals surface area (Å²) in [5, 5.41) is 5.21. The van der Waals surface area contributed by atoms with Crippen LogP contribution in [-0.4, -0.2) is 44.7 Å². The van der Waals surface area contributed by atoms with Gasteiger partial charge in [0, 0.05) is 18.8 Å². The van der Waals surface area contributed by atoms with E-state index in [1.165, 1.54) is 19.2 Å². The second-order valence-corrected chi connectivity index (χ2v) is 8.86. The molecule has 2 N–H and O–H groups in total. The van der Waals surface area contributed by atoms with Gasteiger partial charge >= 0.3 is 0 Å². The number of para-hydroxylation sites is 1. The van der Waals surface area contributed by atoms with Crippen LogP contribution < -0.4 is 15.4 Å². The lowest BCUT2D eigenvalue weighted by atomic mass is 10.1. The predicted molar refractivity (Wildman–Crippen MR) is 110 cm³/mol. The van der Waals surface area contributed by atoms with Crippen molar-refractivity contribution >= 4 is 44.8 Å². The molecule has 10 heteroatoms. The SMILES string of the molecule is CCc1ccccc1NC(=O)CN(C)S(=O)(=O)c1cc2c(cc1Cl)NC(=O)CO2. The van der Waals surface area contributed by atoms with Crippen LogP contribution in [0.25, 0.3) is 0 Å². The van der Waals surface area contributed by atoms with Crippen LogP contribution >= 0.6 is 11.6 Å². The van der Waals surface area contributed by atoms with Gasteiger partial charge in [0.2, 0.25) is 15.9 Å². The van der Waals surface area contributed by atoms with E-state index in [1.54, 1.807) is 12.1 Å². The Hall–Kier alpha value is -2.62. The van der Waals surface area contributed by atoms with Gasteiger partial charge in [-0.3, -0.25) is 9.59 Å². The van der Waals surface area contributed by atoms with Gasteiger partial charge in [0.25, 0.3) is 5.91 Å². The van der Waals surface area contributed by atoms with Gasteiger partial charge in [-0.15, -0.1) is 0 Å². The predicted octanol–water partition coefficient (Wildman–Crippen LogP) is 2.49. The van der Waals surface area contributed by atoms with E-state index in [-0.39, 0.29) is 28.2 Å². The summed E-state index contributed by atoms with van der Waals surface area (Å²) in [5.41, 5.74) is 1.88. The molecule has 0 unspecified atom stereocenters. The Balaban J connectivity index is 1.79. The normalized spacial score (nSPS) is 13.4. The van der Waals surface area contributed by atoms with E-state index in [1.807, 2.05) is 19.1 Å². The summed E-state index contributed by atoms with van der Waals surface area (Å²) in [6, 6.07) is 9.87. The molecule has 0 aromatic heterocycles. The highest BCUT2D eigenvalue weighted by atomic mass is 35.5. The van der Waals surface area contributed by atoms with Gasteiger partial charge < -0.3 is 15.4 Å². The number of amides is 2. The first-order chi connectivity index (χ1) is 13.7. The average molecular weight is 438 g/mol. The minimum atomic E-state index is -4.07. The van der Waals surface area contributed by atoms with Crippen molar-refractivity contribution < 1.29 is 22.7 Å². The van der Waals surface area contributed by atoms with E-state index in [9.17, 15) is 18.0 Å². The number of hydrogen-bond acceptors (Lipinski definition) is 5. The summed E-state index contributed by atoms with van der Waals surface area (Å²) in [6.07, 6.45) is 0.728. The summed E-state index contributed by atoms with van der Waals surface area (Å²) in [4.78, 5) is 23.6. The highest BCUT2D eigenvalue weighted by molar-refractivity contribution is 7.89. The van der Waals surface area contributed by atoms with Gasteiger partial charge in [-0.1, -0.05) is 36.7 Å². The minimum absolute atomic E-state index is 0.0851. The summed E-state index contributed by atoms with van der Waals surface area (Å²) < 4.78 is 32.0. The Morgan fingerprint density at radius 3 is 2.76 bits per heavy atom. The van der Waals surface area contributed by atoms with Crippen molar-refractivity contribution in [2.45, 2.75) is 18.2 Å². The molecule has 3 rings (SSSR count). The van der Waals surface area contributed by atoms with E-state index in [0.29, 0.717) is 11.4 Å². The molecule has 1 heterocycles. The largest absolute Gasteiger partial charge is 0.482 e. The Morgan fingerprint density at radius 2 is 2.03 bits per heavy atom. The highest BCUT2D eigenvalue weighted by Crippen LogP contribution is 2.36. The summed E-state index contributed by atoms with van der Waals surface area (Å²) >= 11 is 6.13. The molecule has 1 aliphatic heterocycles. The van der Waals surface area contributed by atoms with E-state index >= 15 is 0 Å². The van der Waals surface area contributed by atoms with Gasteiger partial charge in [-0.2, -0.15) is 4.31 Å². The molecule has 0 aliphatic carbocycles. The van der Waals surface area contributed by atoms with Gasteiger partial charge in [-0.05, 0) is 24.1 Å². The molecule has 154 valence electrons. The number of nitrogens with one attached hydrogen (secondary N) is 2. The fourth-order valence-corrected chi connectivity index (χ4v) is 4.51. The molecule has 0 spiro atoms. The highest BCUT2D eigenvalue weighted by Gasteiger charge is 2.29. The number of benzene rings is 2. The van der Waals surface area contributed by atoms with Crippen molar-refractivity contribution in [3.63, 3.8) is 0 Å². The van der Waals surface area contributed by atoms with Gasteiger partial charge in [0.05, 0.1) is 17.3 Å². The third-order valence-electron chi connectivity index (χ3n) is 4.39. The lowest BCUT2D eigenvalue weighted by Crippen LogP contribution is -2.35. The van der Waals surface area contributed by atoms with E-state index in [2.05, 4.69) is 10.6 Å². The number of carbonyl (C=O) groups is 2. The molecule has 0 radical (unpaired) electrons. The Morgan fingerprint density at radius 1 is 1.31 bits per heavy atom. The van der Waals surface area contributed by atoms with Crippen LogP contribution in [0.15, 0.2) is 41.3 Å². The minimum Gasteiger partial charge on any atom is -0.482 e. The smallest absolute Gasteiger partial charge is 0.262 e. The summed E-state index contributed by atoms with van der Waals surface area (Å²) in [7, 11) is -2.78. The number of hydrogen-bond donors (Lipinski definition) is 2. The lowest BCUT2D eigenvalue weighted by Gasteiger charge is -2.22. The first kappa shape index (κ1) is 21.1. The van der Waals surface area contributed by atoms with Crippen molar-refractivity contribution in [2.24, 2.45) is 0 Å². The number of rotatable bonds is 6. The van der Waals surface area contributed by atoms with E-state index in [0.717, 1.165) is 16.3 Å². The molecule has 0 saturated heterocycles. The Bertz CT molecular complexity index is 1070. The molecule has 8 nitrogen and oxygen atoms in total. The third kappa shape index (κ3) is 4.52. The zero-order valence-corrected chi connectivity index (χ0v) is 17.4. The Kier molecular flexibility index (Phi) is 6.11. The van der Waals surface area contributed by atoms with Crippen LogP contribution in [0.5, 0.6) is 5.75 Å². The second-order valence-electron chi connectivity index (χ2n) is 6.44. The number of halogens is 1. The maximum absolute atomic E-state index is 12.9. The average Bonchev–Trinajstić information content (AvgIpc) is 2.67. The number of aryl methyl sites for hydroxylation is 1. The molecule has 1 aliphatic rings. The van der Waals surface area contributed by atoms with Crippen LogP contribution in [0, 0.1) is 0 Å². The number of nitrogens with zero attached hydrogens (tertiary/aromatic N) is 1. The Labute approximate surface area is 173 Å². The van der Waals surface area contributed by atoms with Crippen molar-refractivity contribution in [3.8, 4) is 5.75 Å². The monoisotopic (exact) mass is 437 g/mol. The maximum Gasteiger partial charge on any atom is 0.262 e. The van der Waals surface area contributed by atoms with Crippen molar-refractivity contribution in [2.75, 3.05) is 30.8 Å². The zero-order chi connectivity index (χ0) is 21.2. The maximum atomic E-state index is 12.9. The zero-order valence-electron chi connectivity index (χ0n) is 15.9. The summed E-state index contributed by atoms with van der Waals surface area (Å²) in [6.45, 7) is 1.35. The lowest BCUT2D eigenvalue weighted by molar-refractivity contribution is -0.118. The first-order valence-electron chi connectivity index (χ1n) is 8.82. The number of sulfonamides is 1. The molecular formula is C19H20ClN3O5S. The van der Waals surface area contributed by atoms with E-state index in [4.69, 9.17) is 16.3 Å². The standard InChI is InChI=1S/C19H20ClN3O5S/c1-3-12-6-4-5-7-14(12)21-18(24)10-23(2)29(26,27)17-9-16-15(8-13(17)20)22-19(25)11-28-16/h4-9H,3,10-11H2,1-2H3,(H,21,24)(H,22,25). The second kappa shape index (κ2) is 8.40. The number of fused-ring (bicyclic) bond motifs is 1. The van der Waals surface area contributed by atoms with Crippen LogP contribution in [0.1, 0.15) is 12.5 Å². The van der Waals surface area contributed by atoms with Gasteiger partial charge in [0.1, 0.15) is 10.6 Å². The van der Waals surface area contributed by atoms with Gasteiger partial charge in [-0.25, -0.2) is 8.42 Å².